The molecular formula is C10H13FN2O. The van der Waals surface area contributed by atoms with E-state index in [1.54, 1.807) is 12.3 Å². The Morgan fingerprint density at radius 3 is 2.93 bits per heavy atom. The fraction of sp³-hybridized carbons (Fsp3) is 0.500. The van der Waals surface area contributed by atoms with Gasteiger partial charge in [0.25, 0.3) is 0 Å². The number of hydrogen-bond acceptors (Lipinski definition) is 3. The molecule has 0 radical (unpaired) electrons. The molecule has 0 bridgehead atoms. The van der Waals surface area contributed by atoms with Gasteiger partial charge in [-0.05, 0) is 18.9 Å². The summed E-state index contributed by atoms with van der Waals surface area (Å²) in [5.74, 6) is -0.346. The normalized spacial score (nSPS) is 17.9. The molecule has 1 aliphatic carbocycles. The highest BCUT2D eigenvalue weighted by Gasteiger charge is 2.41. The molecule has 1 heterocycles. The van der Waals surface area contributed by atoms with Crippen LogP contribution in [-0.2, 0) is 0 Å². The molecule has 1 fully saturated rings. The van der Waals surface area contributed by atoms with E-state index < -0.39 is 0 Å². The van der Waals surface area contributed by atoms with Crippen LogP contribution in [-0.4, -0.2) is 23.2 Å². The molecule has 3 nitrogen and oxygen atoms in total. The van der Waals surface area contributed by atoms with E-state index in [0.717, 1.165) is 12.8 Å². The summed E-state index contributed by atoms with van der Waals surface area (Å²) in [5.41, 5.74) is 0.454. The van der Waals surface area contributed by atoms with Crippen molar-refractivity contribution in [1.29, 1.82) is 0 Å². The SMILES string of the molecule is OCC1(CNc2ccncc2F)CC1. The largest absolute Gasteiger partial charge is 0.396 e. The van der Waals surface area contributed by atoms with Gasteiger partial charge in [0.05, 0.1) is 18.5 Å². The number of nitrogens with one attached hydrogen (secondary N) is 1. The van der Waals surface area contributed by atoms with Gasteiger partial charge in [-0.15, -0.1) is 0 Å². The summed E-state index contributed by atoms with van der Waals surface area (Å²) in [6.07, 6.45) is 4.76. The van der Waals surface area contributed by atoms with Crippen LogP contribution in [0.2, 0.25) is 0 Å². The Kier molecular flexibility index (Phi) is 2.37. The maximum atomic E-state index is 13.1. The number of rotatable bonds is 4. The molecule has 0 saturated heterocycles. The van der Waals surface area contributed by atoms with Crippen molar-refractivity contribution in [2.24, 2.45) is 5.41 Å². The summed E-state index contributed by atoms with van der Waals surface area (Å²) in [4.78, 5) is 3.66. The monoisotopic (exact) mass is 196 g/mol. The summed E-state index contributed by atoms with van der Waals surface area (Å²) in [6, 6.07) is 1.60. The van der Waals surface area contributed by atoms with Crippen LogP contribution in [0.3, 0.4) is 0 Å². The topological polar surface area (TPSA) is 45.1 Å². The van der Waals surface area contributed by atoms with E-state index in [9.17, 15) is 4.39 Å². The Balaban J connectivity index is 1.95. The lowest BCUT2D eigenvalue weighted by Crippen LogP contribution is -2.19. The van der Waals surface area contributed by atoms with Crippen molar-refractivity contribution in [2.75, 3.05) is 18.5 Å². The molecule has 2 N–H and O–H groups in total. The zero-order valence-electron chi connectivity index (χ0n) is 7.83. The van der Waals surface area contributed by atoms with Gasteiger partial charge >= 0.3 is 0 Å². The van der Waals surface area contributed by atoms with Gasteiger partial charge in [0.1, 0.15) is 0 Å². The van der Waals surface area contributed by atoms with E-state index in [1.165, 1.54) is 6.20 Å². The van der Waals surface area contributed by atoms with E-state index in [0.29, 0.717) is 12.2 Å². The summed E-state index contributed by atoms with van der Waals surface area (Å²) < 4.78 is 13.1. The second kappa shape index (κ2) is 3.53. The van der Waals surface area contributed by atoms with Crippen molar-refractivity contribution in [3.63, 3.8) is 0 Å². The summed E-state index contributed by atoms with van der Waals surface area (Å²) in [5, 5.41) is 12.0. The Morgan fingerprint density at radius 1 is 1.57 bits per heavy atom. The van der Waals surface area contributed by atoms with E-state index in [2.05, 4.69) is 10.3 Å². The summed E-state index contributed by atoms with van der Waals surface area (Å²) in [7, 11) is 0. The highest BCUT2D eigenvalue weighted by molar-refractivity contribution is 5.43. The van der Waals surface area contributed by atoms with Crippen LogP contribution in [0.5, 0.6) is 0 Å². The van der Waals surface area contributed by atoms with E-state index in [-0.39, 0.29) is 17.8 Å². The molecule has 0 spiro atoms. The molecule has 1 aliphatic rings. The maximum absolute atomic E-state index is 13.1. The molecule has 4 heteroatoms. The summed E-state index contributed by atoms with van der Waals surface area (Å²) in [6.45, 7) is 0.803. The molecule has 1 saturated carbocycles. The molecule has 76 valence electrons. The zero-order valence-corrected chi connectivity index (χ0v) is 7.83. The first-order valence-corrected chi connectivity index (χ1v) is 4.70. The van der Waals surface area contributed by atoms with Gasteiger partial charge in [-0.2, -0.15) is 0 Å². The van der Waals surface area contributed by atoms with Gasteiger partial charge < -0.3 is 10.4 Å². The lowest BCUT2D eigenvalue weighted by Gasteiger charge is -2.13. The van der Waals surface area contributed by atoms with Gasteiger partial charge in [0.15, 0.2) is 5.82 Å². The molecular weight excluding hydrogens is 183 g/mol. The third kappa shape index (κ3) is 1.85. The van der Waals surface area contributed by atoms with Crippen molar-refractivity contribution < 1.29 is 9.50 Å². The van der Waals surface area contributed by atoms with Crippen molar-refractivity contribution >= 4 is 5.69 Å². The quantitative estimate of drug-likeness (QED) is 0.765. The third-order valence-electron chi connectivity index (χ3n) is 2.72. The van der Waals surface area contributed by atoms with Crippen molar-refractivity contribution in [3.05, 3.63) is 24.3 Å². The lowest BCUT2D eigenvalue weighted by atomic mass is 10.1. The summed E-state index contributed by atoms with van der Waals surface area (Å²) >= 11 is 0. The predicted octanol–water partition coefficient (Wildman–Crippen LogP) is 1.41. The third-order valence-corrected chi connectivity index (χ3v) is 2.72. The molecule has 14 heavy (non-hydrogen) atoms. The smallest absolute Gasteiger partial charge is 0.164 e. The van der Waals surface area contributed by atoms with Gasteiger partial charge in [-0.1, -0.05) is 0 Å². The molecule has 0 aromatic carbocycles. The van der Waals surface area contributed by atoms with Crippen molar-refractivity contribution in [3.8, 4) is 0 Å². The average molecular weight is 196 g/mol. The van der Waals surface area contributed by atoms with Crippen LogP contribution in [0.1, 0.15) is 12.8 Å². The second-order valence-electron chi connectivity index (χ2n) is 3.87. The molecule has 1 aromatic heterocycles. The van der Waals surface area contributed by atoms with Crippen LogP contribution in [0.25, 0.3) is 0 Å². The minimum Gasteiger partial charge on any atom is -0.396 e. The zero-order chi connectivity index (χ0) is 10.0. The second-order valence-corrected chi connectivity index (χ2v) is 3.87. The highest BCUT2D eigenvalue weighted by Crippen LogP contribution is 2.44. The van der Waals surface area contributed by atoms with E-state index in [4.69, 9.17) is 5.11 Å². The minimum atomic E-state index is -0.346. The molecule has 1 aromatic rings. The van der Waals surface area contributed by atoms with E-state index in [1.807, 2.05) is 0 Å². The molecule has 0 amide bonds. The standard InChI is InChI=1S/C10H13FN2O/c11-8-5-12-4-1-9(8)13-6-10(7-14)2-3-10/h1,4-5,14H,2-3,6-7H2,(H,12,13). The number of nitrogens with zero attached hydrogens (tertiary/aromatic N) is 1. The number of hydrogen-bond donors (Lipinski definition) is 2. The number of pyridine rings is 1. The van der Waals surface area contributed by atoms with Crippen LogP contribution in [0, 0.1) is 11.2 Å². The number of aromatic nitrogens is 1. The first-order chi connectivity index (χ1) is 6.76. The highest BCUT2D eigenvalue weighted by atomic mass is 19.1. The number of halogens is 1. The van der Waals surface area contributed by atoms with Crippen LogP contribution in [0.15, 0.2) is 18.5 Å². The lowest BCUT2D eigenvalue weighted by molar-refractivity contribution is 0.219. The average Bonchev–Trinajstić information content (AvgIpc) is 2.98. The van der Waals surface area contributed by atoms with Crippen LogP contribution >= 0.6 is 0 Å². The minimum absolute atomic E-state index is 0.00426. The Bertz CT molecular complexity index is 326. The van der Waals surface area contributed by atoms with E-state index >= 15 is 0 Å². The fourth-order valence-corrected chi connectivity index (χ4v) is 1.37. The molecule has 0 aliphatic heterocycles. The van der Waals surface area contributed by atoms with Crippen molar-refractivity contribution in [2.45, 2.75) is 12.8 Å². The van der Waals surface area contributed by atoms with Gasteiger partial charge in [-0.3, -0.25) is 4.98 Å². The van der Waals surface area contributed by atoms with Gasteiger partial charge in [-0.25, -0.2) is 4.39 Å². The maximum Gasteiger partial charge on any atom is 0.164 e. The number of aliphatic hydroxyl groups is 1. The Hall–Kier alpha value is -1.16. The number of aliphatic hydroxyl groups excluding tert-OH is 1. The molecule has 0 unspecified atom stereocenters. The Labute approximate surface area is 82.0 Å². The van der Waals surface area contributed by atoms with Gasteiger partial charge in [0, 0.05) is 18.2 Å². The molecule has 0 atom stereocenters. The molecule has 2 rings (SSSR count). The predicted molar refractivity (Wildman–Crippen MR) is 51.4 cm³/mol. The van der Waals surface area contributed by atoms with Gasteiger partial charge in [0.2, 0.25) is 0 Å². The number of anilines is 1. The fourth-order valence-electron chi connectivity index (χ4n) is 1.37. The first-order valence-electron chi connectivity index (χ1n) is 4.70. The van der Waals surface area contributed by atoms with Crippen molar-refractivity contribution in [1.82, 2.24) is 4.98 Å². The first kappa shape index (κ1) is 9.40. The van der Waals surface area contributed by atoms with Crippen LogP contribution < -0.4 is 5.32 Å². The van der Waals surface area contributed by atoms with Crippen LogP contribution in [0.4, 0.5) is 10.1 Å². The Morgan fingerprint density at radius 2 is 2.36 bits per heavy atom.